The highest BCUT2D eigenvalue weighted by molar-refractivity contribution is 7.89. The van der Waals surface area contributed by atoms with Crippen molar-refractivity contribution in [2.75, 3.05) is 7.11 Å². The summed E-state index contributed by atoms with van der Waals surface area (Å²) in [6, 6.07) is 5.28. The quantitative estimate of drug-likeness (QED) is 0.927. The van der Waals surface area contributed by atoms with Crippen molar-refractivity contribution in [3.8, 4) is 5.75 Å². The van der Waals surface area contributed by atoms with Crippen molar-refractivity contribution in [2.45, 2.75) is 62.8 Å². The molecule has 0 saturated heterocycles. The molecule has 0 radical (unpaired) electrons. The van der Waals surface area contributed by atoms with E-state index < -0.39 is 10.0 Å². The van der Waals surface area contributed by atoms with Crippen LogP contribution in [0.4, 0.5) is 0 Å². The number of hydrogen-bond donors (Lipinski definition) is 1. The molecule has 4 nitrogen and oxygen atoms in total. The Morgan fingerprint density at radius 2 is 1.71 bits per heavy atom. The number of ether oxygens (including phenoxy) is 1. The lowest BCUT2D eigenvalue weighted by Gasteiger charge is -2.21. The Kier molecular flexibility index (Phi) is 5.65. The van der Waals surface area contributed by atoms with E-state index >= 15 is 0 Å². The van der Waals surface area contributed by atoms with Crippen LogP contribution in [0.5, 0.6) is 5.75 Å². The van der Waals surface area contributed by atoms with Crippen molar-refractivity contribution in [1.82, 2.24) is 4.72 Å². The molecule has 0 aliphatic heterocycles. The van der Waals surface area contributed by atoms with Gasteiger partial charge in [0.25, 0.3) is 0 Å². The zero-order valence-electron chi connectivity index (χ0n) is 12.9. The molecule has 5 heteroatoms. The van der Waals surface area contributed by atoms with Gasteiger partial charge in [0.2, 0.25) is 10.0 Å². The third kappa shape index (κ3) is 4.45. The van der Waals surface area contributed by atoms with Gasteiger partial charge in [0.1, 0.15) is 10.6 Å². The molecule has 0 heterocycles. The SMILES string of the molecule is COc1ccc(C)cc1S(=O)(=O)NC1CCCCCCC1. The Morgan fingerprint density at radius 1 is 1.10 bits per heavy atom. The molecule has 2 rings (SSSR count). The highest BCUT2D eigenvalue weighted by atomic mass is 32.2. The molecular formula is C16H25NO3S. The molecule has 1 N–H and O–H groups in total. The second kappa shape index (κ2) is 7.27. The minimum Gasteiger partial charge on any atom is -0.495 e. The summed E-state index contributed by atoms with van der Waals surface area (Å²) in [6.07, 6.45) is 7.71. The smallest absolute Gasteiger partial charge is 0.244 e. The molecule has 118 valence electrons. The Hall–Kier alpha value is -1.07. The molecule has 1 aliphatic rings. The minimum absolute atomic E-state index is 0.0421. The van der Waals surface area contributed by atoms with Crippen LogP contribution >= 0.6 is 0 Å². The van der Waals surface area contributed by atoms with E-state index in [1.54, 1.807) is 12.1 Å². The number of methoxy groups -OCH3 is 1. The summed E-state index contributed by atoms with van der Waals surface area (Å²) in [7, 11) is -2.03. The van der Waals surface area contributed by atoms with E-state index in [4.69, 9.17) is 4.74 Å². The summed E-state index contributed by atoms with van der Waals surface area (Å²) in [6.45, 7) is 1.88. The first kappa shape index (κ1) is 16.3. The lowest BCUT2D eigenvalue weighted by molar-refractivity contribution is 0.399. The normalized spacial score (nSPS) is 18.0. The third-order valence-electron chi connectivity index (χ3n) is 4.04. The Bertz CT molecular complexity index is 561. The summed E-state index contributed by atoms with van der Waals surface area (Å²) in [4.78, 5) is 0.243. The zero-order chi connectivity index (χ0) is 15.3. The van der Waals surface area contributed by atoms with Gasteiger partial charge in [-0.1, -0.05) is 38.2 Å². The van der Waals surface area contributed by atoms with Crippen LogP contribution in [0.3, 0.4) is 0 Å². The van der Waals surface area contributed by atoms with Crippen molar-refractivity contribution in [3.63, 3.8) is 0 Å². The van der Waals surface area contributed by atoms with Gasteiger partial charge in [0.05, 0.1) is 7.11 Å². The van der Waals surface area contributed by atoms with E-state index in [2.05, 4.69) is 4.72 Å². The molecule has 1 aromatic carbocycles. The molecule has 1 saturated carbocycles. The molecule has 0 amide bonds. The molecule has 1 aromatic rings. The third-order valence-corrected chi connectivity index (χ3v) is 5.58. The van der Waals surface area contributed by atoms with Gasteiger partial charge >= 0.3 is 0 Å². The molecular weight excluding hydrogens is 286 g/mol. The number of rotatable bonds is 4. The van der Waals surface area contributed by atoms with Crippen LogP contribution in [0.2, 0.25) is 0 Å². The lowest BCUT2D eigenvalue weighted by Crippen LogP contribution is -2.35. The fourth-order valence-corrected chi connectivity index (χ4v) is 4.41. The van der Waals surface area contributed by atoms with Crippen LogP contribution in [0.15, 0.2) is 23.1 Å². The summed E-state index contributed by atoms with van der Waals surface area (Å²) >= 11 is 0. The summed E-state index contributed by atoms with van der Waals surface area (Å²) in [5.74, 6) is 0.402. The molecule has 0 bridgehead atoms. The standard InChI is InChI=1S/C16H25NO3S/c1-13-10-11-15(20-2)16(12-13)21(18,19)17-14-8-6-4-3-5-7-9-14/h10-12,14,17H,3-9H2,1-2H3. The average molecular weight is 311 g/mol. The first-order chi connectivity index (χ1) is 10.0. The molecule has 0 spiro atoms. The van der Waals surface area contributed by atoms with Gasteiger partial charge in [0.15, 0.2) is 0 Å². The van der Waals surface area contributed by atoms with E-state index in [0.717, 1.165) is 31.2 Å². The molecule has 0 atom stereocenters. The van der Waals surface area contributed by atoms with E-state index in [-0.39, 0.29) is 10.9 Å². The van der Waals surface area contributed by atoms with E-state index in [1.807, 2.05) is 13.0 Å². The van der Waals surface area contributed by atoms with Gasteiger partial charge in [0, 0.05) is 6.04 Å². The number of nitrogens with one attached hydrogen (secondary N) is 1. The molecule has 21 heavy (non-hydrogen) atoms. The highest BCUT2D eigenvalue weighted by Crippen LogP contribution is 2.26. The Labute approximate surface area is 127 Å². The largest absolute Gasteiger partial charge is 0.495 e. The van der Waals surface area contributed by atoms with Crippen molar-refractivity contribution >= 4 is 10.0 Å². The van der Waals surface area contributed by atoms with Gasteiger partial charge in [-0.15, -0.1) is 0 Å². The van der Waals surface area contributed by atoms with Crippen LogP contribution in [0.25, 0.3) is 0 Å². The number of benzene rings is 1. The van der Waals surface area contributed by atoms with Crippen LogP contribution in [-0.4, -0.2) is 21.6 Å². The fourth-order valence-electron chi connectivity index (χ4n) is 2.85. The Balaban J connectivity index is 2.19. The van der Waals surface area contributed by atoms with E-state index in [1.165, 1.54) is 26.4 Å². The van der Waals surface area contributed by atoms with Gasteiger partial charge in [-0.25, -0.2) is 13.1 Å². The van der Waals surface area contributed by atoms with Gasteiger partial charge in [-0.05, 0) is 37.5 Å². The van der Waals surface area contributed by atoms with Crippen LogP contribution in [-0.2, 0) is 10.0 Å². The predicted molar refractivity (Wildman–Crippen MR) is 84.2 cm³/mol. The predicted octanol–water partition coefficient (Wildman–Crippen LogP) is 3.39. The fraction of sp³-hybridized carbons (Fsp3) is 0.625. The molecule has 0 unspecified atom stereocenters. The van der Waals surface area contributed by atoms with Gasteiger partial charge < -0.3 is 4.74 Å². The maximum atomic E-state index is 12.6. The topological polar surface area (TPSA) is 55.4 Å². The number of sulfonamides is 1. The second-order valence-corrected chi connectivity index (χ2v) is 7.50. The van der Waals surface area contributed by atoms with Crippen LogP contribution in [0.1, 0.15) is 50.5 Å². The van der Waals surface area contributed by atoms with E-state index in [9.17, 15) is 8.42 Å². The molecule has 1 aliphatic carbocycles. The lowest BCUT2D eigenvalue weighted by atomic mass is 9.97. The zero-order valence-corrected chi connectivity index (χ0v) is 13.7. The van der Waals surface area contributed by atoms with Crippen molar-refractivity contribution in [1.29, 1.82) is 0 Å². The first-order valence-corrected chi connectivity index (χ1v) is 9.18. The maximum absolute atomic E-state index is 12.6. The second-order valence-electron chi connectivity index (χ2n) is 5.82. The minimum atomic E-state index is -3.53. The van der Waals surface area contributed by atoms with Crippen LogP contribution in [0, 0.1) is 6.92 Å². The summed E-state index contributed by atoms with van der Waals surface area (Å²) < 4.78 is 33.4. The first-order valence-electron chi connectivity index (χ1n) is 7.70. The number of aryl methyl sites for hydroxylation is 1. The van der Waals surface area contributed by atoms with Crippen LogP contribution < -0.4 is 9.46 Å². The van der Waals surface area contributed by atoms with E-state index in [0.29, 0.717) is 5.75 Å². The summed E-state index contributed by atoms with van der Waals surface area (Å²) in [5.41, 5.74) is 0.911. The molecule has 1 fully saturated rings. The maximum Gasteiger partial charge on any atom is 0.244 e. The highest BCUT2D eigenvalue weighted by Gasteiger charge is 2.24. The van der Waals surface area contributed by atoms with Crippen molar-refractivity contribution in [2.24, 2.45) is 0 Å². The van der Waals surface area contributed by atoms with Gasteiger partial charge in [-0.3, -0.25) is 0 Å². The molecule has 0 aromatic heterocycles. The van der Waals surface area contributed by atoms with Gasteiger partial charge in [-0.2, -0.15) is 0 Å². The average Bonchev–Trinajstić information content (AvgIpc) is 2.41. The monoisotopic (exact) mass is 311 g/mol. The van der Waals surface area contributed by atoms with Crippen molar-refractivity contribution < 1.29 is 13.2 Å². The number of hydrogen-bond acceptors (Lipinski definition) is 3. The summed E-state index contributed by atoms with van der Waals surface area (Å²) in [5, 5.41) is 0. The Morgan fingerprint density at radius 3 is 2.33 bits per heavy atom. The van der Waals surface area contributed by atoms with Crippen molar-refractivity contribution in [3.05, 3.63) is 23.8 Å².